The van der Waals surface area contributed by atoms with Crippen molar-refractivity contribution in [1.29, 1.82) is 0 Å². The van der Waals surface area contributed by atoms with Crippen molar-refractivity contribution in [2.45, 2.75) is 0 Å². The van der Waals surface area contributed by atoms with Crippen LogP contribution in [0.2, 0.25) is 0 Å². The molecule has 9 rings (SSSR count). The summed E-state index contributed by atoms with van der Waals surface area (Å²) in [6, 6.07) is 49.2. The van der Waals surface area contributed by atoms with Crippen LogP contribution in [0.15, 0.2) is 158 Å². The van der Waals surface area contributed by atoms with Crippen LogP contribution in [0.3, 0.4) is 0 Å². The predicted molar refractivity (Wildman–Crippen MR) is 185 cm³/mol. The smallest absolute Gasteiger partial charge is 0.0899 e. The molecule has 0 spiro atoms. The lowest BCUT2D eigenvalue weighted by Crippen LogP contribution is -1.96. The predicted octanol–water partition coefficient (Wildman–Crippen LogP) is 10.3. The first-order chi connectivity index (χ1) is 22.3. The van der Waals surface area contributed by atoms with Gasteiger partial charge in [-0.3, -0.25) is 9.97 Å². The third-order valence-electron chi connectivity index (χ3n) is 8.71. The van der Waals surface area contributed by atoms with E-state index >= 15 is 0 Å². The second-order valence-electron chi connectivity index (χ2n) is 11.3. The molecule has 0 saturated heterocycles. The molecular weight excluding hydrogens is 548 g/mol. The molecule has 4 heterocycles. The number of para-hydroxylation sites is 1. The lowest BCUT2D eigenvalue weighted by molar-refractivity contribution is 1.17. The Morgan fingerprint density at radius 3 is 1.87 bits per heavy atom. The largest absolute Gasteiger partial charge is 0.309 e. The van der Waals surface area contributed by atoms with Gasteiger partial charge in [0.15, 0.2) is 0 Å². The summed E-state index contributed by atoms with van der Waals surface area (Å²) in [5.41, 5.74) is 9.39. The van der Waals surface area contributed by atoms with E-state index in [2.05, 4.69) is 136 Å². The van der Waals surface area contributed by atoms with E-state index in [4.69, 9.17) is 4.98 Å². The van der Waals surface area contributed by atoms with Gasteiger partial charge in [0.05, 0.1) is 28.1 Å². The summed E-state index contributed by atoms with van der Waals surface area (Å²) in [5, 5.41) is 7.11. The maximum Gasteiger partial charge on any atom is 0.0899 e. The molecule has 0 radical (unpaired) electrons. The molecule has 0 N–H and O–H groups in total. The standard InChI is InChI=1S/C41H26N4/c1-3-11-32-28(9-1)23-29-10-2-4-12-33(29)41(32)38-25-30(24-37(44-38)36-14-7-8-21-43-36)27-16-18-31(19-17-27)45-39-15-6-5-13-34(39)35-26-42-22-20-40(35)45/h1-26H. The summed E-state index contributed by atoms with van der Waals surface area (Å²) in [7, 11) is 0. The number of nitrogens with zero attached hydrogens (tertiary/aromatic N) is 4. The van der Waals surface area contributed by atoms with Crippen molar-refractivity contribution in [2.24, 2.45) is 0 Å². The molecule has 4 nitrogen and oxygen atoms in total. The van der Waals surface area contributed by atoms with Crippen LogP contribution >= 0.6 is 0 Å². The van der Waals surface area contributed by atoms with Gasteiger partial charge in [-0.05, 0) is 87.3 Å². The SMILES string of the molecule is c1ccc(-c2cc(-c3ccc(-n4c5ccccc5c5cnccc54)cc3)cc(-c3c4ccccc4cc4ccccc34)n2)nc1. The van der Waals surface area contributed by atoms with Crippen LogP contribution in [0.5, 0.6) is 0 Å². The van der Waals surface area contributed by atoms with Gasteiger partial charge in [-0.15, -0.1) is 0 Å². The van der Waals surface area contributed by atoms with E-state index in [0.29, 0.717) is 0 Å². The molecule has 0 fully saturated rings. The third-order valence-corrected chi connectivity index (χ3v) is 8.71. The van der Waals surface area contributed by atoms with E-state index in [-0.39, 0.29) is 0 Å². The van der Waals surface area contributed by atoms with Crippen molar-refractivity contribution in [2.75, 3.05) is 0 Å². The highest BCUT2D eigenvalue weighted by atomic mass is 15.0. The van der Waals surface area contributed by atoms with E-state index in [9.17, 15) is 0 Å². The fourth-order valence-electron chi connectivity index (χ4n) is 6.66. The quantitative estimate of drug-likeness (QED) is 0.196. The zero-order valence-corrected chi connectivity index (χ0v) is 24.3. The number of rotatable bonds is 4. The van der Waals surface area contributed by atoms with Crippen molar-refractivity contribution in [1.82, 2.24) is 19.5 Å². The number of hydrogen-bond donors (Lipinski definition) is 0. The normalized spacial score (nSPS) is 11.6. The van der Waals surface area contributed by atoms with Gasteiger partial charge in [0.1, 0.15) is 0 Å². The maximum absolute atomic E-state index is 5.25. The molecule has 4 heteroatoms. The minimum Gasteiger partial charge on any atom is -0.309 e. The summed E-state index contributed by atoms with van der Waals surface area (Å²) in [6.07, 6.45) is 5.64. The van der Waals surface area contributed by atoms with Crippen LogP contribution in [-0.4, -0.2) is 19.5 Å². The molecule has 4 aromatic heterocycles. The fourth-order valence-corrected chi connectivity index (χ4v) is 6.66. The molecule has 0 aliphatic heterocycles. The Morgan fingerprint density at radius 1 is 0.444 bits per heavy atom. The number of aromatic nitrogens is 4. The highest BCUT2D eigenvalue weighted by molar-refractivity contribution is 6.12. The number of pyridine rings is 3. The second-order valence-corrected chi connectivity index (χ2v) is 11.3. The Hall–Kier alpha value is -6.13. The average Bonchev–Trinajstić information content (AvgIpc) is 3.45. The van der Waals surface area contributed by atoms with Crippen LogP contribution in [0.4, 0.5) is 0 Å². The number of hydrogen-bond acceptors (Lipinski definition) is 3. The molecule has 5 aromatic carbocycles. The Kier molecular flexibility index (Phi) is 5.78. The first-order valence-electron chi connectivity index (χ1n) is 15.1. The lowest BCUT2D eigenvalue weighted by Gasteiger charge is -2.15. The molecule has 210 valence electrons. The zero-order valence-electron chi connectivity index (χ0n) is 24.3. The summed E-state index contributed by atoms with van der Waals surface area (Å²) in [5.74, 6) is 0. The molecule has 0 aliphatic rings. The number of benzene rings is 5. The minimum absolute atomic E-state index is 0.846. The third kappa shape index (κ3) is 4.19. The molecule has 0 amide bonds. The van der Waals surface area contributed by atoms with Crippen LogP contribution in [0.1, 0.15) is 0 Å². The first kappa shape index (κ1) is 25.4. The highest BCUT2D eigenvalue weighted by Gasteiger charge is 2.16. The van der Waals surface area contributed by atoms with Crippen LogP contribution in [0.25, 0.3) is 82.8 Å². The molecule has 0 aliphatic carbocycles. The van der Waals surface area contributed by atoms with Crippen molar-refractivity contribution < 1.29 is 0 Å². The van der Waals surface area contributed by atoms with Crippen LogP contribution in [-0.2, 0) is 0 Å². The van der Waals surface area contributed by atoms with Crippen molar-refractivity contribution >= 4 is 43.4 Å². The van der Waals surface area contributed by atoms with E-state index < -0.39 is 0 Å². The molecule has 0 bridgehead atoms. The van der Waals surface area contributed by atoms with Gasteiger partial charge in [-0.2, -0.15) is 0 Å². The van der Waals surface area contributed by atoms with E-state index in [1.165, 1.54) is 32.4 Å². The Balaban J connectivity index is 1.25. The van der Waals surface area contributed by atoms with Gasteiger partial charge in [0.25, 0.3) is 0 Å². The maximum atomic E-state index is 5.25. The summed E-state index contributed by atoms with van der Waals surface area (Å²) < 4.78 is 2.32. The summed E-state index contributed by atoms with van der Waals surface area (Å²) in [6.45, 7) is 0. The summed E-state index contributed by atoms with van der Waals surface area (Å²) >= 11 is 0. The van der Waals surface area contributed by atoms with Gasteiger partial charge in [-0.25, -0.2) is 4.98 Å². The number of fused-ring (bicyclic) bond motifs is 5. The van der Waals surface area contributed by atoms with Crippen molar-refractivity contribution in [3.05, 3.63) is 158 Å². The second kappa shape index (κ2) is 10.2. The van der Waals surface area contributed by atoms with Gasteiger partial charge < -0.3 is 4.57 Å². The van der Waals surface area contributed by atoms with Gasteiger partial charge in [0.2, 0.25) is 0 Å². The molecule has 0 saturated carbocycles. The van der Waals surface area contributed by atoms with Gasteiger partial charge in [-0.1, -0.05) is 84.9 Å². The molecule has 0 unspecified atom stereocenters. The van der Waals surface area contributed by atoms with Gasteiger partial charge >= 0.3 is 0 Å². The van der Waals surface area contributed by atoms with Crippen molar-refractivity contribution in [3.63, 3.8) is 0 Å². The van der Waals surface area contributed by atoms with E-state index in [1.54, 1.807) is 0 Å². The molecule has 45 heavy (non-hydrogen) atoms. The average molecular weight is 575 g/mol. The Morgan fingerprint density at radius 2 is 1.11 bits per heavy atom. The van der Waals surface area contributed by atoms with Crippen LogP contribution < -0.4 is 0 Å². The Labute approximate surface area is 259 Å². The van der Waals surface area contributed by atoms with Crippen molar-refractivity contribution in [3.8, 4) is 39.5 Å². The van der Waals surface area contributed by atoms with E-state index in [0.717, 1.165) is 50.4 Å². The first-order valence-corrected chi connectivity index (χ1v) is 15.1. The summed E-state index contributed by atoms with van der Waals surface area (Å²) in [4.78, 5) is 14.3. The van der Waals surface area contributed by atoms with Crippen LogP contribution in [0, 0.1) is 0 Å². The zero-order chi connectivity index (χ0) is 29.7. The fraction of sp³-hybridized carbons (Fsp3) is 0. The minimum atomic E-state index is 0.846. The molecule has 9 aromatic rings. The topological polar surface area (TPSA) is 43.6 Å². The monoisotopic (exact) mass is 574 g/mol. The van der Waals surface area contributed by atoms with E-state index in [1.807, 2.05) is 36.8 Å². The van der Waals surface area contributed by atoms with Gasteiger partial charge in [0, 0.05) is 40.6 Å². The lowest BCUT2D eigenvalue weighted by atomic mass is 9.93. The molecular formula is C41H26N4. The Bertz CT molecular complexity index is 2420. The molecule has 0 atom stereocenters. The highest BCUT2D eigenvalue weighted by Crippen LogP contribution is 2.39.